The highest BCUT2D eigenvalue weighted by molar-refractivity contribution is 9.10. The molecule has 0 saturated heterocycles. The second-order valence-electron chi connectivity index (χ2n) is 4.83. The van der Waals surface area contributed by atoms with Gasteiger partial charge in [0.1, 0.15) is 5.82 Å². The Labute approximate surface area is 136 Å². The van der Waals surface area contributed by atoms with Crippen LogP contribution < -0.4 is 5.32 Å². The summed E-state index contributed by atoms with van der Waals surface area (Å²) >= 11 is 9.18. The Bertz CT molecular complexity index is 645. The van der Waals surface area contributed by atoms with Crippen LogP contribution in [0, 0.1) is 5.82 Å². The number of nitrogens with one attached hydrogen (secondary N) is 1. The molecule has 0 aromatic heterocycles. The molecule has 0 radical (unpaired) electrons. The summed E-state index contributed by atoms with van der Waals surface area (Å²) in [7, 11) is 0. The highest BCUT2D eigenvalue weighted by atomic mass is 79.9. The van der Waals surface area contributed by atoms with Crippen LogP contribution in [0.25, 0.3) is 0 Å². The summed E-state index contributed by atoms with van der Waals surface area (Å²) in [5.41, 5.74) is 1.50. The zero-order chi connectivity index (χ0) is 15.4. The van der Waals surface area contributed by atoms with E-state index in [0.717, 1.165) is 5.56 Å². The molecule has 0 aliphatic carbocycles. The molecular weight excluding hydrogens is 357 g/mol. The van der Waals surface area contributed by atoms with E-state index in [1.807, 2.05) is 6.92 Å². The van der Waals surface area contributed by atoms with E-state index in [1.165, 1.54) is 12.1 Å². The maximum Gasteiger partial charge on any atom is 0.252 e. The largest absolute Gasteiger partial charge is 0.349 e. The Morgan fingerprint density at radius 2 is 1.95 bits per heavy atom. The summed E-state index contributed by atoms with van der Waals surface area (Å²) in [5, 5.41) is 3.48. The molecule has 0 bridgehead atoms. The molecule has 5 heteroatoms. The van der Waals surface area contributed by atoms with Crippen LogP contribution >= 0.6 is 27.5 Å². The Hall–Kier alpha value is -1.39. The number of carbonyl (C=O) groups excluding carboxylic acids is 1. The Balaban J connectivity index is 2.00. The molecule has 1 amide bonds. The van der Waals surface area contributed by atoms with E-state index in [4.69, 9.17) is 11.6 Å². The predicted octanol–water partition coefficient (Wildman–Crippen LogP) is 4.60. The van der Waals surface area contributed by atoms with Crippen LogP contribution in [0.2, 0.25) is 5.02 Å². The number of amides is 1. The molecule has 1 N–H and O–H groups in total. The fourth-order valence-corrected chi connectivity index (χ4v) is 2.86. The van der Waals surface area contributed by atoms with Gasteiger partial charge in [-0.1, -0.05) is 23.7 Å². The molecule has 2 aromatic carbocycles. The van der Waals surface area contributed by atoms with Gasteiger partial charge in [-0.15, -0.1) is 0 Å². The number of rotatable bonds is 4. The number of hydrogen-bond acceptors (Lipinski definition) is 1. The number of hydrogen-bond donors (Lipinski definition) is 1. The third-order valence-corrected chi connectivity index (χ3v) is 3.90. The minimum Gasteiger partial charge on any atom is -0.349 e. The molecule has 2 nitrogen and oxygen atoms in total. The quantitative estimate of drug-likeness (QED) is 0.837. The summed E-state index contributed by atoms with van der Waals surface area (Å²) in [6.45, 7) is 1.91. The maximum absolute atomic E-state index is 12.8. The first-order valence-electron chi connectivity index (χ1n) is 6.46. The van der Waals surface area contributed by atoms with Crippen molar-refractivity contribution < 1.29 is 9.18 Å². The Morgan fingerprint density at radius 3 is 2.57 bits per heavy atom. The van der Waals surface area contributed by atoms with Crippen LogP contribution in [0.4, 0.5) is 4.39 Å². The van der Waals surface area contributed by atoms with E-state index in [0.29, 0.717) is 21.5 Å². The molecule has 0 heterocycles. The molecule has 0 aliphatic heterocycles. The highest BCUT2D eigenvalue weighted by Crippen LogP contribution is 2.21. The lowest BCUT2D eigenvalue weighted by Crippen LogP contribution is -2.34. The average molecular weight is 371 g/mol. The lowest BCUT2D eigenvalue weighted by molar-refractivity contribution is 0.0939. The van der Waals surface area contributed by atoms with Crippen LogP contribution in [0.5, 0.6) is 0 Å². The second-order valence-corrected chi connectivity index (χ2v) is 6.12. The molecule has 21 heavy (non-hydrogen) atoms. The molecule has 0 aliphatic rings. The van der Waals surface area contributed by atoms with Crippen molar-refractivity contribution in [1.82, 2.24) is 5.32 Å². The highest BCUT2D eigenvalue weighted by Gasteiger charge is 2.13. The van der Waals surface area contributed by atoms with Gasteiger partial charge in [0.2, 0.25) is 0 Å². The molecule has 0 saturated carbocycles. The molecule has 110 valence electrons. The normalized spacial score (nSPS) is 12.0. The smallest absolute Gasteiger partial charge is 0.252 e. The van der Waals surface area contributed by atoms with Crippen molar-refractivity contribution in [3.63, 3.8) is 0 Å². The van der Waals surface area contributed by atoms with E-state index >= 15 is 0 Å². The summed E-state index contributed by atoms with van der Waals surface area (Å²) in [4.78, 5) is 12.2. The molecule has 0 fully saturated rings. The van der Waals surface area contributed by atoms with Crippen molar-refractivity contribution >= 4 is 33.4 Å². The SMILES string of the molecule is CC(Cc1ccc(F)cc1)NC(=O)c1ccc(Cl)cc1Br. The standard InChI is InChI=1S/C16H14BrClFNO/c1-10(8-11-2-5-13(19)6-3-11)20-16(21)14-7-4-12(18)9-15(14)17/h2-7,9-10H,8H2,1H3,(H,20,21). The minimum atomic E-state index is -0.263. The average Bonchev–Trinajstić information content (AvgIpc) is 2.41. The summed E-state index contributed by atoms with van der Waals surface area (Å²) in [5.74, 6) is -0.436. The van der Waals surface area contributed by atoms with Gasteiger partial charge in [0.15, 0.2) is 0 Å². The van der Waals surface area contributed by atoms with Gasteiger partial charge in [0.25, 0.3) is 5.91 Å². The molecule has 1 atom stereocenters. The van der Waals surface area contributed by atoms with Gasteiger partial charge in [0.05, 0.1) is 5.56 Å². The zero-order valence-electron chi connectivity index (χ0n) is 11.4. The van der Waals surface area contributed by atoms with Gasteiger partial charge >= 0.3 is 0 Å². The van der Waals surface area contributed by atoms with Gasteiger partial charge < -0.3 is 5.32 Å². The van der Waals surface area contributed by atoms with Crippen LogP contribution in [0.3, 0.4) is 0 Å². The second kappa shape index (κ2) is 7.05. The lowest BCUT2D eigenvalue weighted by atomic mass is 10.1. The predicted molar refractivity (Wildman–Crippen MR) is 86.2 cm³/mol. The minimum absolute atomic E-state index is 0.0643. The Morgan fingerprint density at radius 1 is 1.29 bits per heavy atom. The van der Waals surface area contributed by atoms with Crippen molar-refractivity contribution in [3.05, 3.63) is 68.9 Å². The number of benzene rings is 2. The fourth-order valence-electron chi connectivity index (χ4n) is 2.00. The molecular formula is C16H14BrClFNO. The summed E-state index contributed by atoms with van der Waals surface area (Å²) in [6.07, 6.45) is 0.636. The van der Waals surface area contributed by atoms with E-state index in [1.54, 1.807) is 30.3 Å². The van der Waals surface area contributed by atoms with Gasteiger partial charge in [-0.2, -0.15) is 0 Å². The molecule has 0 spiro atoms. The van der Waals surface area contributed by atoms with Crippen molar-refractivity contribution in [3.8, 4) is 0 Å². The summed E-state index contributed by atoms with van der Waals surface area (Å²) < 4.78 is 13.5. The fraction of sp³-hybridized carbons (Fsp3) is 0.188. The first-order chi connectivity index (χ1) is 9.95. The molecule has 2 aromatic rings. The molecule has 1 unspecified atom stereocenters. The third kappa shape index (κ3) is 4.55. The summed E-state index contributed by atoms with van der Waals surface area (Å²) in [6, 6.07) is 11.2. The van der Waals surface area contributed by atoms with Gasteiger partial charge in [-0.3, -0.25) is 4.79 Å². The molecule has 2 rings (SSSR count). The van der Waals surface area contributed by atoms with Gasteiger partial charge in [-0.05, 0) is 65.2 Å². The van der Waals surface area contributed by atoms with Crippen molar-refractivity contribution in [2.24, 2.45) is 0 Å². The van der Waals surface area contributed by atoms with Crippen LogP contribution in [0.15, 0.2) is 46.9 Å². The zero-order valence-corrected chi connectivity index (χ0v) is 13.7. The Kier molecular flexibility index (Phi) is 5.37. The lowest BCUT2D eigenvalue weighted by Gasteiger charge is -2.15. The van der Waals surface area contributed by atoms with E-state index < -0.39 is 0 Å². The number of carbonyl (C=O) groups is 1. The van der Waals surface area contributed by atoms with E-state index in [2.05, 4.69) is 21.2 Å². The van der Waals surface area contributed by atoms with Gasteiger partial charge in [-0.25, -0.2) is 4.39 Å². The van der Waals surface area contributed by atoms with Crippen LogP contribution in [-0.4, -0.2) is 11.9 Å². The van der Waals surface area contributed by atoms with Crippen molar-refractivity contribution in [2.75, 3.05) is 0 Å². The number of halogens is 3. The first-order valence-corrected chi connectivity index (χ1v) is 7.63. The van der Waals surface area contributed by atoms with Crippen LogP contribution in [-0.2, 0) is 6.42 Å². The third-order valence-electron chi connectivity index (χ3n) is 3.01. The topological polar surface area (TPSA) is 29.1 Å². The first kappa shape index (κ1) is 16.0. The van der Waals surface area contributed by atoms with E-state index in [9.17, 15) is 9.18 Å². The van der Waals surface area contributed by atoms with E-state index in [-0.39, 0.29) is 17.8 Å². The van der Waals surface area contributed by atoms with Crippen LogP contribution in [0.1, 0.15) is 22.8 Å². The van der Waals surface area contributed by atoms with Crippen molar-refractivity contribution in [2.45, 2.75) is 19.4 Å². The monoisotopic (exact) mass is 369 g/mol. The maximum atomic E-state index is 12.8. The van der Waals surface area contributed by atoms with Gasteiger partial charge in [0, 0.05) is 15.5 Å². The van der Waals surface area contributed by atoms with Crippen molar-refractivity contribution in [1.29, 1.82) is 0 Å².